The smallest absolute Gasteiger partial charge is 0.178 e. The Morgan fingerprint density at radius 1 is 1.19 bits per heavy atom. The Labute approximate surface area is 127 Å². The molecule has 5 heteroatoms. The Bertz CT molecular complexity index is 770. The molecule has 1 aromatic carbocycles. The standard InChI is InChI=1S/C16H12ClN3O/c17-15-13(8-9-18)20(11-12-5-2-1-3-6-12)16(19-15)14-7-4-10-21-14/h1-7,10H,8,11H2. The lowest BCUT2D eigenvalue weighted by atomic mass is 10.2. The van der Waals surface area contributed by atoms with Crippen LogP contribution in [0.15, 0.2) is 53.1 Å². The Morgan fingerprint density at radius 2 is 2.00 bits per heavy atom. The van der Waals surface area contributed by atoms with Crippen LogP contribution in [-0.2, 0) is 13.0 Å². The van der Waals surface area contributed by atoms with Crippen molar-refractivity contribution >= 4 is 11.6 Å². The van der Waals surface area contributed by atoms with E-state index >= 15 is 0 Å². The van der Waals surface area contributed by atoms with Crippen LogP contribution in [0.4, 0.5) is 0 Å². The average molecular weight is 298 g/mol. The third-order valence-corrected chi connectivity index (χ3v) is 3.50. The van der Waals surface area contributed by atoms with Gasteiger partial charge in [0.2, 0.25) is 0 Å². The SMILES string of the molecule is N#CCc1c(Cl)nc(-c2ccco2)n1Cc1ccccc1. The lowest BCUT2D eigenvalue weighted by molar-refractivity contribution is 0.570. The van der Waals surface area contributed by atoms with Crippen LogP contribution >= 0.6 is 11.6 Å². The van der Waals surface area contributed by atoms with Gasteiger partial charge in [-0.3, -0.25) is 0 Å². The molecule has 3 aromatic rings. The maximum Gasteiger partial charge on any atom is 0.178 e. The first kappa shape index (κ1) is 13.5. The molecule has 2 aromatic heterocycles. The first-order valence-electron chi connectivity index (χ1n) is 6.49. The molecule has 2 heterocycles. The minimum atomic E-state index is 0.208. The predicted molar refractivity (Wildman–Crippen MR) is 79.8 cm³/mol. The van der Waals surface area contributed by atoms with Crippen molar-refractivity contribution < 1.29 is 4.42 Å². The number of halogens is 1. The van der Waals surface area contributed by atoms with E-state index < -0.39 is 0 Å². The highest BCUT2D eigenvalue weighted by atomic mass is 35.5. The van der Waals surface area contributed by atoms with Crippen LogP contribution in [0.3, 0.4) is 0 Å². The van der Waals surface area contributed by atoms with Crippen LogP contribution in [0.1, 0.15) is 11.3 Å². The number of hydrogen-bond acceptors (Lipinski definition) is 3. The lowest BCUT2D eigenvalue weighted by Gasteiger charge is -2.09. The van der Waals surface area contributed by atoms with E-state index in [1.807, 2.05) is 41.0 Å². The second kappa shape index (κ2) is 5.86. The molecule has 0 saturated carbocycles. The molecule has 0 amide bonds. The van der Waals surface area contributed by atoms with Crippen molar-refractivity contribution in [2.75, 3.05) is 0 Å². The van der Waals surface area contributed by atoms with Gasteiger partial charge in [-0.15, -0.1) is 0 Å². The molecule has 0 aliphatic carbocycles. The van der Waals surface area contributed by atoms with E-state index in [0.29, 0.717) is 29.0 Å². The zero-order valence-corrected chi connectivity index (χ0v) is 11.9. The summed E-state index contributed by atoms with van der Waals surface area (Å²) in [7, 11) is 0. The first-order valence-corrected chi connectivity index (χ1v) is 6.87. The van der Waals surface area contributed by atoms with E-state index in [1.54, 1.807) is 12.3 Å². The van der Waals surface area contributed by atoms with Crippen LogP contribution < -0.4 is 0 Å². The third-order valence-electron chi connectivity index (χ3n) is 3.20. The number of nitrogens with zero attached hydrogens (tertiary/aromatic N) is 3. The second-order valence-corrected chi connectivity index (χ2v) is 4.91. The van der Waals surface area contributed by atoms with E-state index in [-0.39, 0.29) is 6.42 Å². The fraction of sp³-hybridized carbons (Fsp3) is 0.125. The molecule has 0 fully saturated rings. The summed E-state index contributed by atoms with van der Waals surface area (Å²) in [6, 6.07) is 15.7. The van der Waals surface area contributed by atoms with Gasteiger partial charge in [0.25, 0.3) is 0 Å². The number of benzene rings is 1. The fourth-order valence-electron chi connectivity index (χ4n) is 2.23. The van der Waals surface area contributed by atoms with Gasteiger partial charge in [0.1, 0.15) is 0 Å². The van der Waals surface area contributed by atoms with Gasteiger partial charge in [-0.1, -0.05) is 41.9 Å². The number of nitriles is 1. The fourth-order valence-corrected chi connectivity index (χ4v) is 2.48. The van der Waals surface area contributed by atoms with Crippen molar-refractivity contribution in [3.05, 3.63) is 65.1 Å². The van der Waals surface area contributed by atoms with Crippen molar-refractivity contribution in [2.24, 2.45) is 0 Å². The monoisotopic (exact) mass is 297 g/mol. The molecule has 0 radical (unpaired) electrons. The molecule has 4 nitrogen and oxygen atoms in total. The van der Waals surface area contributed by atoms with Gasteiger partial charge in [0, 0.05) is 6.54 Å². The molecule has 0 aliphatic heterocycles. The summed E-state index contributed by atoms with van der Waals surface area (Å²) in [6.07, 6.45) is 1.80. The lowest BCUT2D eigenvalue weighted by Crippen LogP contribution is -2.06. The number of aromatic nitrogens is 2. The second-order valence-electron chi connectivity index (χ2n) is 4.56. The van der Waals surface area contributed by atoms with E-state index in [0.717, 1.165) is 5.56 Å². The summed E-state index contributed by atoms with van der Waals surface area (Å²) in [5.74, 6) is 1.27. The highest BCUT2D eigenvalue weighted by Crippen LogP contribution is 2.27. The van der Waals surface area contributed by atoms with E-state index in [9.17, 15) is 0 Å². The molecule has 0 aliphatic rings. The molecule has 0 atom stereocenters. The highest BCUT2D eigenvalue weighted by molar-refractivity contribution is 6.30. The van der Waals surface area contributed by atoms with Gasteiger partial charge in [-0.2, -0.15) is 5.26 Å². The molecule has 21 heavy (non-hydrogen) atoms. The summed E-state index contributed by atoms with van der Waals surface area (Å²) in [5, 5.41) is 9.35. The zero-order valence-electron chi connectivity index (χ0n) is 11.2. The molecular weight excluding hydrogens is 286 g/mol. The number of imidazole rings is 1. The van der Waals surface area contributed by atoms with Crippen LogP contribution in [0, 0.1) is 11.3 Å². The quantitative estimate of drug-likeness (QED) is 0.733. The highest BCUT2D eigenvalue weighted by Gasteiger charge is 2.18. The summed E-state index contributed by atoms with van der Waals surface area (Å²) < 4.78 is 7.35. The average Bonchev–Trinajstić information content (AvgIpc) is 3.12. The largest absolute Gasteiger partial charge is 0.461 e. The van der Waals surface area contributed by atoms with Gasteiger partial charge >= 0.3 is 0 Å². The van der Waals surface area contributed by atoms with Crippen molar-refractivity contribution in [2.45, 2.75) is 13.0 Å². The van der Waals surface area contributed by atoms with Crippen LogP contribution in [0.25, 0.3) is 11.6 Å². The summed E-state index contributed by atoms with van der Waals surface area (Å²) >= 11 is 6.19. The van der Waals surface area contributed by atoms with Crippen molar-refractivity contribution in [1.82, 2.24) is 9.55 Å². The summed E-state index contributed by atoms with van der Waals surface area (Å²) in [4.78, 5) is 4.35. The van der Waals surface area contributed by atoms with Crippen molar-refractivity contribution in [1.29, 1.82) is 5.26 Å². The Kier molecular flexibility index (Phi) is 3.76. The predicted octanol–water partition coefficient (Wildman–Crippen LogP) is 3.91. The Hall–Kier alpha value is -2.51. The molecule has 0 unspecified atom stereocenters. The van der Waals surface area contributed by atoms with Gasteiger partial charge in [-0.05, 0) is 17.7 Å². The zero-order chi connectivity index (χ0) is 14.7. The van der Waals surface area contributed by atoms with Gasteiger partial charge in [-0.25, -0.2) is 4.98 Å². The Balaban J connectivity index is 2.09. The topological polar surface area (TPSA) is 54.8 Å². The molecule has 0 saturated heterocycles. The minimum absolute atomic E-state index is 0.208. The van der Waals surface area contributed by atoms with Crippen LogP contribution in [-0.4, -0.2) is 9.55 Å². The summed E-state index contributed by atoms with van der Waals surface area (Å²) in [5.41, 5.74) is 1.81. The van der Waals surface area contributed by atoms with Gasteiger partial charge < -0.3 is 8.98 Å². The maximum atomic E-state index is 9.00. The van der Waals surface area contributed by atoms with Crippen LogP contribution in [0.2, 0.25) is 5.15 Å². The maximum absolute atomic E-state index is 9.00. The molecule has 0 spiro atoms. The summed E-state index contributed by atoms with van der Waals surface area (Å²) in [6.45, 7) is 0.591. The molecule has 104 valence electrons. The molecule has 3 rings (SSSR count). The van der Waals surface area contributed by atoms with Crippen molar-refractivity contribution in [3.63, 3.8) is 0 Å². The minimum Gasteiger partial charge on any atom is -0.461 e. The van der Waals surface area contributed by atoms with Gasteiger partial charge in [0.15, 0.2) is 16.7 Å². The molecule has 0 bridgehead atoms. The normalized spacial score (nSPS) is 10.5. The van der Waals surface area contributed by atoms with Crippen molar-refractivity contribution in [3.8, 4) is 17.7 Å². The number of hydrogen-bond donors (Lipinski definition) is 0. The molecule has 0 N–H and O–H groups in total. The van der Waals surface area contributed by atoms with Crippen LogP contribution in [0.5, 0.6) is 0 Å². The third kappa shape index (κ3) is 2.69. The first-order chi connectivity index (χ1) is 10.3. The van der Waals surface area contributed by atoms with E-state index in [4.69, 9.17) is 21.3 Å². The van der Waals surface area contributed by atoms with E-state index in [1.165, 1.54) is 0 Å². The van der Waals surface area contributed by atoms with E-state index in [2.05, 4.69) is 11.1 Å². The number of furan rings is 1. The number of rotatable bonds is 4. The molecular formula is C16H12ClN3O. The van der Waals surface area contributed by atoms with Gasteiger partial charge in [0.05, 0.1) is 24.4 Å². The Morgan fingerprint density at radius 3 is 2.67 bits per heavy atom.